The molecule has 12 heteroatoms. The molecule has 8 nitrogen and oxygen atoms in total. The maximum atomic E-state index is 15.0. The Kier molecular flexibility index (Phi) is 5.09. The highest BCUT2D eigenvalue weighted by atomic mass is 32.2. The number of hydrogen-bond donors (Lipinski definition) is 1. The normalized spacial score (nSPS) is 27.4. The maximum absolute atomic E-state index is 15.0. The van der Waals surface area contributed by atoms with Gasteiger partial charge in [-0.3, -0.25) is 0 Å². The van der Waals surface area contributed by atoms with Crippen molar-refractivity contribution in [1.82, 2.24) is 9.29 Å². The Labute approximate surface area is 176 Å². The first-order chi connectivity index (χ1) is 14.5. The number of sulfonamides is 1. The summed E-state index contributed by atoms with van der Waals surface area (Å²) in [5, 5.41) is -1.15. The molecule has 1 saturated heterocycles. The molecule has 0 radical (unpaired) electrons. The zero-order valence-electron chi connectivity index (χ0n) is 16.5. The standard InChI is InChI=1S/C19H19F3N4O4S/c1-10-5-16-19(9-29-10,25-18(23)26(2)31(16,27)28)13-7-12(3-4-14(13)21)30-17-15(22)6-11(20)8-24-17/h3-4,6-8,10,16H,5,9H2,1-2H3,(H2,23,25)/t10-,16+,19+/m0/s1. The molecule has 1 fully saturated rings. The second-order valence-corrected chi connectivity index (χ2v) is 9.58. The summed E-state index contributed by atoms with van der Waals surface area (Å²) in [5.41, 5.74) is 4.05. The molecule has 2 aliphatic rings. The van der Waals surface area contributed by atoms with Crippen LogP contribution in [0, 0.1) is 17.5 Å². The van der Waals surface area contributed by atoms with Crippen molar-refractivity contribution in [3.8, 4) is 11.6 Å². The van der Waals surface area contributed by atoms with Crippen molar-refractivity contribution in [2.24, 2.45) is 10.7 Å². The molecule has 0 bridgehead atoms. The van der Waals surface area contributed by atoms with Gasteiger partial charge in [0.1, 0.15) is 28.2 Å². The van der Waals surface area contributed by atoms with Gasteiger partial charge in [0.2, 0.25) is 16.0 Å². The highest BCUT2D eigenvalue weighted by Crippen LogP contribution is 2.45. The minimum Gasteiger partial charge on any atom is -0.436 e. The third-order valence-electron chi connectivity index (χ3n) is 5.44. The molecule has 3 atom stereocenters. The van der Waals surface area contributed by atoms with Gasteiger partial charge in [-0.2, -0.15) is 0 Å². The predicted molar refractivity (Wildman–Crippen MR) is 104 cm³/mol. The zero-order valence-corrected chi connectivity index (χ0v) is 17.4. The van der Waals surface area contributed by atoms with E-state index in [1.165, 1.54) is 19.2 Å². The molecule has 2 aromatic rings. The van der Waals surface area contributed by atoms with Crippen molar-refractivity contribution in [1.29, 1.82) is 0 Å². The molecule has 0 spiro atoms. The third-order valence-corrected chi connectivity index (χ3v) is 7.69. The van der Waals surface area contributed by atoms with E-state index in [0.29, 0.717) is 6.07 Å². The van der Waals surface area contributed by atoms with Crippen molar-refractivity contribution in [2.75, 3.05) is 13.7 Å². The number of hydrogen-bond acceptors (Lipinski definition) is 7. The predicted octanol–water partition coefficient (Wildman–Crippen LogP) is 2.25. The van der Waals surface area contributed by atoms with Gasteiger partial charge < -0.3 is 15.2 Å². The largest absolute Gasteiger partial charge is 0.436 e. The highest BCUT2D eigenvalue weighted by Gasteiger charge is 2.57. The number of aromatic nitrogens is 1. The van der Waals surface area contributed by atoms with Gasteiger partial charge in [-0.25, -0.2) is 35.9 Å². The van der Waals surface area contributed by atoms with Crippen LogP contribution < -0.4 is 10.5 Å². The lowest BCUT2D eigenvalue weighted by Gasteiger charge is -2.47. The molecule has 4 rings (SSSR count). The molecule has 3 heterocycles. The Balaban J connectivity index is 1.84. The van der Waals surface area contributed by atoms with E-state index in [9.17, 15) is 21.6 Å². The number of ether oxygens (including phenoxy) is 2. The summed E-state index contributed by atoms with van der Waals surface area (Å²) in [5.74, 6) is -3.60. The van der Waals surface area contributed by atoms with Crippen molar-refractivity contribution in [2.45, 2.75) is 30.2 Å². The van der Waals surface area contributed by atoms with Crippen LogP contribution in [-0.2, 0) is 20.3 Å². The molecular weight excluding hydrogens is 437 g/mol. The number of rotatable bonds is 3. The second-order valence-electron chi connectivity index (χ2n) is 7.44. The second kappa shape index (κ2) is 7.38. The van der Waals surface area contributed by atoms with E-state index < -0.39 is 50.2 Å². The van der Waals surface area contributed by atoms with Crippen LogP contribution in [0.4, 0.5) is 13.2 Å². The number of pyridine rings is 1. The van der Waals surface area contributed by atoms with Crippen molar-refractivity contribution in [3.05, 3.63) is 53.5 Å². The van der Waals surface area contributed by atoms with E-state index in [4.69, 9.17) is 15.2 Å². The van der Waals surface area contributed by atoms with Crippen LogP contribution in [0.3, 0.4) is 0 Å². The van der Waals surface area contributed by atoms with Gasteiger partial charge >= 0.3 is 0 Å². The Morgan fingerprint density at radius 1 is 1.26 bits per heavy atom. The van der Waals surface area contributed by atoms with E-state index in [0.717, 1.165) is 16.6 Å². The minimum absolute atomic E-state index is 0.0498. The number of aliphatic imine (C=N–C) groups is 1. The molecule has 0 saturated carbocycles. The Bertz CT molecular complexity index is 1180. The van der Waals surface area contributed by atoms with E-state index in [2.05, 4.69) is 9.98 Å². The van der Waals surface area contributed by atoms with E-state index in [-0.39, 0.29) is 30.3 Å². The average molecular weight is 456 g/mol. The molecule has 0 amide bonds. The van der Waals surface area contributed by atoms with Gasteiger partial charge in [-0.15, -0.1) is 0 Å². The molecule has 0 unspecified atom stereocenters. The molecule has 0 aliphatic carbocycles. The number of nitrogens with zero attached hydrogens (tertiary/aromatic N) is 3. The number of nitrogens with two attached hydrogens (primary N) is 1. The van der Waals surface area contributed by atoms with Crippen molar-refractivity contribution >= 4 is 16.0 Å². The van der Waals surface area contributed by atoms with Crippen LogP contribution in [0.2, 0.25) is 0 Å². The van der Waals surface area contributed by atoms with Crippen molar-refractivity contribution < 1.29 is 31.1 Å². The van der Waals surface area contributed by atoms with Gasteiger partial charge in [-0.1, -0.05) is 0 Å². The van der Waals surface area contributed by atoms with Crippen LogP contribution in [0.1, 0.15) is 18.9 Å². The summed E-state index contributed by atoms with van der Waals surface area (Å²) in [7, 11) is -2.70. The maximum Gasteiger partial charge on any atom is 0.256 e. The molecule has 1 aromatic carbocycles. The van der Waals surface area contributed by atoms with Crippen LogP contribution in [0.5, 0.6) is 11.6 Å². The highest BCUT2D eigenvalue weighted by molar-refractivity contribution is 7.90. The number of halogens is 3. The molecule has 2 N–H and O–H groups in total. The smallest absolute Gasteiger partial charge is 0.256 e. The van der Waals surface area contributed by atoms with Crippen LogP contribution in [-0.4, -0.2) is 48.7 Å². The summed E-state index contributed by atoms with van der Waals surface area (Å²) in [6, 6.07) is 4.03. The Hall–Kier alpha value is -2.86. The summed E-state index contributed by atoms with van der Waals surface area (Å²) in [6.07, 6.45) is 0.417. The van der Waals surface area contributed by atoms with E-state index in [1.54, 1.807) is 6.92 Å². The minimum atomic E-state index is -3.97. The number of guanidine groups is 1. The Morgan fingerprint density at radius 2 is 2.00 bits per heavy atom. The van der Waals surface area contributed by atoms with Crippen LogP contribution >= 0.6 is 0 Å². The van der Waals surface area contributed by atoms with Gasteiger partial charge in [-0.05, 0) is 31.5 Å². The molecule has 2 aliphatic heterocycles. The summed E-state index contributed by atoms with van der Waals surface area (Å²) in [6.45, 7) is 1.47. The third kappa shape index (κ3) is 3.49. The fourth-order valence-electron chi connectivity index (χ4n) is 3.79. The SMILES string of the molecule is C[C@H]1C[C@@H]2[C@](c3cc(Oc4ncc(F)cc4F)ccc3F)(CO1)N=C(N)N(C)S2(=O)=O. The van der Waals surface area contributed by atoms with Gasteiger partial charge in [0.05, 0.1) is 18.9 Å². The van der Waals surface area contributed by atoms with E-state index in [1.807, 2.05) is 0 Å². The first kappa shape index (κ1) is 21.4. The molecule has 166 valence electrons. The van der Waals surface area contributed by atoms with E-state index >= 15 is 0 Å². The van der Waals surface area contributed by atoms with Gasteiger partial charge in [0.15, 0.2) is 5.82 Å². The lowest BCUT2D eigenvalue weighted by molar-refractivity contribution is -0.0189. The van der Waals surface area contributed by atoms with Gasteiger partial charge in [0, 0.05) is 18.7 Å². The first-order valence-electron chi connectivity index (χ1n) is 9.28. The quantitative estimate of drug-likeness (QED) is 0.759. The average Bonchev–Trinajstić information content (AvgIpc) is 2.71. The lowest BCUT2D eigenvalue weighted by atomic mass is 9.82. The van der Waals surface area contributed by atoms with Crippen molar-refractivity contribution in [3.63, 3.8) is 0 Å². The number of benzene rings is 1. The summed E-state index contributed by atoms with van der Waals surface area (Å²) >= 11 is 0. The molecule has 31 heavy (non-hydrogen) atoms. The zero-order chi connectivity index (χ0) is 22.6. The topological polar surface area (TPSA) is 107 Å². The fourth-order valence-corrected chi connectivity index (χ4v) is 5.73. The summed E-state index contributed by atoms with van der Waals surface area (Å²) < 4.78 is 80.1. The lowest BCUT2D eigenvalue weighted by Crippen LogP contribution is -2.62. The first-order valence-corrected chi connectivity index (χ1v) is 10.8. The number of fused-ring (bicyclic) bond motifs is 1. The Morgan fingerprint density at radius 3 is 2.71 bits per heavy atom. The monoisotopic (exact) mass is 456 g/mol. The molecule has 1 aromatic heterocycles. The van der Waals surface area contributed by atoms with Crippen LogP contribution in [0.25, 0.3) is 0 Å². The summed E-state index contributed by atoms with van der Waals surface area (Å²) in [4.78, 5) is 7.87. The van der Waals surface area contributed by atoms with Gasteiger partial charge in [0.25, 0.3) is 5.88 Å². The molecular formula is C19H19F3N4O4S. The van der Waals surface area contributed by atoms with Crippen LogP contribution in [0.15, 0.2) is 35.5 Å². The fraction of sp³-hybridized carbons (Fsp3) is 0.368.